The summed E-state index contributed by atoms with van der Waals surface area (Å²) in [4.78, 5) is 30.4. The van der Waals surface area contributed by atoms with Crippen molar-refractivity contribution in [3.05, 3.63) is 47.4 Å². The zero-order chi connectivity index (χ0) is 26.4. The van der Waals surface area contributed by atoms with Crippen molar-refractivity contribution in [1.29, 1.82) is 0 Å². The summed E-state index contributed by atoms with van der Waals surface area (Å²) in [6.45, 7) is 4.38. The summed E-state index contributed by atoms with van der Waals surface area (Å²) in [5, 5.41) is 16.2. The van der Waals surface area contributed by atoms with Crippen LogP contribution in [0.1, 0.15) is 70.1 Å². The molecule has 7 atom stereocenters. The Hall–Kier alpha value is -2.45. The Morgan fingerprint density at radius 3 is 2.71 bits per heavy atom. The van der Waals surface area contributed by atoms with Crippen molar-refractivity contribution < 1.29 is 19.4 Å². The molecule has 2 aromatic rings. The molecule has 7 nitrogen and oxygen atoms in total. The summed E-state index contributed by atoms with van der Waals surface area (Å²) in [7, 11) is 0. The Balaban J connectivity index is 1.24. The monoisotopic (exact) mass is 533 g/mol. The normalized spacial score (nSPS) is 39.3. The van der Waals surface area contributed by atoms with Gasteiger partial charge in [-0.15, -0.1) is 12.6 Å². The summed E-state index contributed by atoms with van der Waals surface area (Å²) in [5.74, 6) is 0.944. The van der Waals surface area contributed by atoms with Crippen LogP contribution in [0.3, 0.4) is 0 Å². The zero-order valence-electron chi connectivity index (χ0n) is 22.0. The molecule has 0 amide bonds. The highest BCUT2D eigenvalue weighted by molar-refractivity contribution is 7.96. The molecule has 0 spiro atoms. The molecule has 4 fully saturated rings. The van der Waals surface area contributed by atoms with E-state index in [9.17, 15) is 14.7 Å². The lowest BCUT2D eigenvalue weighted by molar-refractivity contribution is -0.197. The Labute approximate surface area is 228 Å². The summed E-state index contributed by atoms with van der Waals surface area (Å²) < 4.78 is 8.02. The fourth-order valence-corrected chi connectivity index (χ4v) is 9.38. The van der Waals surface area contributed by atoms with E-state index >= 15 is 0 Å². The number of fused-ring (bicyclic) bond motifs is 6. The molecular weight excluding hydrogens is 498 g/mol. The van der Waals surface area contributed by atoms with Gasteiger partial charge >= 0.3 is 5.97 Å². The highest BCUT2D eigenvalue weighted by Crippen LogP contribution is 2.68. The summed E-state index contributed by atoms with van der Waals surface area (Å²) in [5.41, 5.74) is 1.53. The van der Waals surface area contributed by atoms with E-state index in [1.165, 1.54) is 11.1 Å². The average molecular weight is 534 g/mol. The number of rotatable bonds is 4. The van der Waals surface area contributed by atoms with Gasteiger partial charge < -0.3 is 9.84 Å². The third-order valence-corrected chi connectivity index (χ3v) is 11.3. The number of aliphatic hydroxyl groups is 1. The first-order chi connectivity index (χ1) is 18.2. The number of hydrogen-bond acceptors (Lipinski definition) is 6. The van der Waals surface area contributed by atoms with Crippen LogP contribution in [-0.2, 0) is 20.7 Å². The Morgan fingerprint density at radius 1 is 1.18 bits per heavy atom. The zero-order valence-corrected chi connectivity index (χ0v) is 22.9. The number of allylic oxidation sites excluding steroid dienone is 1. The smallest absolute Gasteiger partial charge is 0.309 e. The minimum atomic E-state index is -1.26. The Morgan fingerprint density at radius 2 is 2.00 bits per heavy atom. The molecule has 0 aliphatic heterocycles. The van der Waals surface area contributed by atoms with Gasteiger partial charge in [0.25, 0.3) is 0 Å². The third-order valence-electron chi connectivity index (χ3n) is 10.9. The molecule has 0 bridgehead atoms. The van der Waals surface area contributed by atoms with Gasteiger partial charge in [-0.3, -0.25) is 9.59 Å². The second-order valence-corrected chi connectivity index (χ2v) is 13.2. The van der Waals surface area contributed by atoms with Crippen LogP contribution in [0, 0.1) is 34.5 Å². The number of hydrogen-bond donors (Lipinski definition) is 2. The fraction of sp³-hybridized carbons (Fsp3) is 0.600. The van der Waals surface area contributed by atoms with Gasteiger partial charge in [-0.25, -0.2) is 9.67 Å². The molecule has 0 aromatic carbocycles. The van der Waals surface area contributed by atoms with E-state index in [1.54, 1.807) is 6.20 Å². The maximum Gasteiger partial charge on any atom is 0.309 e. The number of esters is 1. The van der Waals surface area contributed by atoms with Crippen LogP contribution in [-0.4, -0.2) is 42.7 Å². The van der Waals surface area contributed by atoms with E-state index < -0.39 is 17.1 Å². The van der Waals surface area contributed by atoms with Gasteiger partial charge in [0.05, 0.1) is 23.9 Å². The molecule has 7 rings (SSSR count). The quantitative estimate of drug-likeness (QED) is 0.442. The predicted molar refractivity (Wildman–Crippen MR) is 144 cm³/mol. The first-order valence-corrected chi connectivity index (χ1v) is 14.5. The van der Waals surface area contributed by atoms with Crippen molar-refractivity contribution in [3.8, 4) is 5.82 Å². The van der Waals surface area contributed by atoms with Crippen molar-refractivity contribution >= 4 is 29.8 Å². The second kappa shape index (κ2) is 8.28. The number of aliphatic hydroxyl groups excluding tert-OH is 1. The number of aromatic nitrogens is 3. The predicted octanol–water partition coefficient (Wildman–Crippen LogP) is 4.57. The molecule has 5 aliphatic carbocycles. The molecule has 0 saturated heterocycles. The first-order valence-electron chi connectivity index (χ1n) is 14.0. The summed E-state index contributed by atoms with van der Waals surface area (Å²) in [6.07, 6.45) is 11.5. The maximum absolute atomic E-state index is 13.1. The van der Waals surface area contributed by atoms with Crippen molar-refractivity contribution in [2.24, 2.45) is 34.5 Å². The molecule has 38 heavy (non-hydrogen) atoms. The van der Waals surface area contributed by atoms with Gasteiger partial charge in [-0.1, -0.05) is 25.5 Å². The standard InChI is InChI=1S/C30H35N3O4S/c1-28-14-18-16-32-33(24-5-3-4-12-31-24)22(18)13-19(28)8-9-20-21-10-11-30(27(36)38,37-26(35)17-6-7-17)29(21,2)15-23(34)25(20)28/h3-5,12-13,16-17,20-21,23,25,34H,6-11,14-15H2,1-2H3,(H,36,38)/t20-,21-,23-,25+,28-,29-,30-/m0/s1. The molecule has 1 N–H and O–H groups in total. The number of nitrogens with zero attached hydrogens (tertiary/aromatic N) is 3. The van der Waals surface area contributed by atoms with Crippen LogP contribution in [0.4, 0.5) is 0 Å². The number of thiol groups is 1. The molecule has 2 aromatic heterocycles. The third kappa shape index (κ3) is 3.25. The van der Waals surface area contributed by atoms with E-state index in [-0.39, 0.29) is 40.2 Å². The first kappa shape index (κ1) is 24.6. The van der Waals surface area contributed by atoms with Gasteiger partial charge in [0.1, 0.15) is 0 Å². The van der Waals surface area contributed by atoms with Gasteiger partial charge in [0.2, 0.25) is 5.12 Å². The topological polar surface area (TPSA) is 94.3 Å². The Kier molecular flexibility index (Phi) is 5.35. The molecule has 5 aliphatic rings. The van der Waals surface area contributed by atoms with Crippen LogP contribution >= 0.6 is 12.6 Å². The highest BCUT2D eigenvalue weighted by atomic mass is 32.1. The lowest BCUT2D eigenvalue weighted by atomic mass is 9.45. The van der Waals surface area contributed by atoms with Crippen LogP contribution in [0.15, 0.2) is 36.2 Å². The van der Waals surface area contributed by atoms with Crippen molar-refractivity contribution in [3.63, 3.8) is 0 Å². The van der Waals surface area contributed by atoms with Crippen LogP contribution in [0.2, 0.25) is 0 Å². The van der Waals surface area contributed by atoms with Crippen molar-refractivity contribution in [1.82, 2.24) is 14.8 Å². The van der Waals surface area contributed by atoms with E-state index in [0.29, 0.717) is 12.8 Å². The summed E-state index contributed by atoms with van der Waals surface area (Å²) >= 11 is 4.29. The Bertz CT molecular complexity index is 1350. The molecule has 200 valence electrons. The average Bonchev–Trinajstić information content (AvgIpc) is 3.60. The largest absolute Gasteiger partial charge is 0.449 e. The number of ether oxygens (including phenoxy) is 1. The number of carbonyl (C=O) groups excluding carboxylic acids is 2. The number of pyridine rings is 1. The van der Waals surface area contributed by atoms with E-state index in [2.05, 4.69) is 42.6 Å². The van der Waals surface area contributed by atoms with Crippen LogP contribution in [0.5, 0.6) is 0 Å². The second-order valence-electron chi connectivity index (χ2n) is 12.8. The number of carbonyl (C=O) groups is 2. The van der Waals surface area contributed by atoms with Gasteiger partial charge in [-0.2, -0.15) is 5.10 Å². The van der Waals surface area contributed by atoms with Crippen molar-refractivity contribution in [2.45, 2.75) is 76.9 Å². The molecular formula is C30H35N3O4S. The lowest BCUT2D eigenvalue weighted by Gasteiger charge is -2.60. The van der Waals surface area contributed by atoms with Crippen LogP contribution in [0.25, 0.3) is 11.9 Å². The molecule has 8 heteroatoms. The molecule has 4 saturated carbocycles. The molecule has 2 heterocycles. The summed E-state index contributed by atoms with van der Waals surface area (Å²) in [6, 6.07) is 5.84. The highest BCUT2D eigenvalue weighted by Gasteiger charge is 2.70. The van der Waals surface area contributed by atoms with Gasteiger partial charge in [0.15, 0.2) is 11.4 Å². The van der Waals surface area contributed by atoms with Gasteiger partial charge in [0, 0.05) is 11.6 Å². The molecule has 0 radical (unpaired) electrons. The maximum atomic E-state index is 13.1. The minimum Gasteiger partial charge on any atom is -0.449 e. The van der Waals surface area contributed by atoms with Gasteiger partial charge in [-0.05, 0) is 98.3 Å². The van der Waals surface area contributed by atoms with E-state index in [1.807, 2.05) is 29.1 Å². The SMILES string of the molecule is C[C@]12Cc3cnn(-c4ccccn4)c3C=C1CC[C@@H]1[C@@H]2[C@@H](O)C[C@@]2(C)[C@H]1CC[C@]2(OC(=O)C1CC1)C(=O)S. The molecule has 0 unspecified atom stereocenters. The van der Waals surface area contributed by atoms with E-state index in [4.69, 9.17) is 4.74 Å². The van der Waals surface area contributed by atoms with Crippen LogP contribution < -0.4 is 0 Å². The van der Waals surface area contributed by atoms with E-state index in [0.717, 1.165) is 50.0 Å². The minimum absolute atomic E-state index is 0.0666. The lowest BCUT2D eigenvalue weighted by Crippen LogP contribution is -2.62. The van der Waals surface area contributed by atoms with Crippen molar-refractivity contribution in [2.75, 3.05) is 0 Å². The fourth-order valence-electron chi connectivity index (χ4n) is 8.97.